The second-order valence-electron chi connectivity index (χ2n) is 6.19. The smallest absolute Gasteiger partial charge is 0.223 e. The number of halogens is 1. The van der Waals surface area contributed by atoms with Gasteiger partial charge in [-0.3, -0.25) is 9.69 Å². The number of nitriles is 1. The molecule has 0 aliphatic carbocycles. The predicted molar refractivity (Wildman–Crippen MR) is 93.7 cm³/mol. The maximum Gasteiger partial charge on any atom is 0.223 e. The molecule has 1 aromatic carbocycles. The fraction of sp³-hybridized carbons (Fsp3) is 0.556. The van der Waals surface area contributed by atoms with Crippen LogP contribution in [0.5, 0.6) is 0 Å². The van der Waals surface area contributed by atoms with Gasteiger partial charge < -0.3 is 9.64 Å². The van der Waals surface area contributed by atoms with Gasteiger partial charge in [-0.05, 0) is 24.6 Å². The van der Waals surface area contributed by atoms with Crippen molar-refractivity contribution < 1.29 is 9.53 Å². The topological polar surface area (TPSA) is 56.6 Å². The molecule has 6 heteroatoms. The van der Waals surface area contributed by atoms with Gasteiger partial charge in [-0.25, -0.2) is 0 Å². The number of nitrogens with zero attached hydrogens (tertiary/aromatic N) is 3. The van der Waals surface area contributed by atoms with E-state index < -0.39 is 0 Å². The van der Waals surface area contributed by atoms with Crippen molar-refractivity contribution in [3.63, 3.8) is 0 Å². The molecule has 2 atom stereocenters. The van der Waals surface area contributed by atoms with Crippen molar-refractivity contribution in [2.24, 2.45) is 0 Å². The van der Waals surface area contributed by atoms with Crippen LogP contribution in [0.1, 0.15) is 31.4 Å². The van der Waals surface area contributed by atoms with Gasteiger partial charge in [0.2, 0.25) is 5.91 Å². The van der Waals surface area contributed by atoms with Crippen molar-refractivity contribution in [3.05, 3.63) is 34.9 Å². The molecule has 0 N–H and O–H groups in total. The van der Waals surface area contributed by atoms with Crippen LogP contribution in [0.4, 0.5) is 0 Å². The van der Waals surface area contributed by atoms with E-state index in [9.17, 15) is 4.79 Å². The molecule has 0 saturated carbocycles. The van der Waals surface area contributed by atoms with Crippen LogP contribution in [-0.4, -0.2) is 55.0 Å². The maximum atomic E-state index is 12.1. The Bertz CT molecular complexity index is 602. The summed E-state index contributed by atoms with van der Waals surface area (Å²) in [6.07, 6.45) is 0.799. The van der Waals surface area contributed by atoms with Gasteiger partial charge in [0.05, 0.1) is 25.2 Å². The quantitative estimate of drug-likeness (QED) is 0.792. The molecule has 0 bridgehead atoms. The third-order valence-electron chi connectivity index (χ3n) is 4.38. The van der Waals surface area contributed by atoms with Gasteiger partial charge in [0.1, 0.15) is 0 Å². The molecule has 0 radical (unpaired) electrons. The monoisotopic (exact) mass is 349 g/mol. The number of hydrogen-bond acceptors (Lipinski definition) is 4. The standard InChI is InChI=1S/C18H24ClN3O2/c1-14-13-24-17(15-5-3-6-16(19)11-15)12-22(14)10-7-18(23)21(2)9-4-8-20/h3,5-6,11,14,17H,4,7,9-10,12-13H2,1-2H3/t14-,17+/m1/s1. The number of morpholine rings is 1. The first kappa shape index (κ1) is 18.7. The molecule has 1 fully saturated rings. The van der Waals surface area contributed by atoms with Crippen LogP contribution in [0.2, 0.25) is 5.02 Å². The minimum absolute atomic E-state index is 0.0219. The zero-order valence-electron chi connectivity index (χ0n) is 14.2. The van der Waals surface area contributed by atoms with Crippen LogP contribution in [0.25, 0.3) is 0 Å². The van der Waals surface area contributed by atoms with E-state index in [2.05, 4.69) is 17.9 Å². The third kappa shape index (κ3) is 5.20. The van der Waals surface area contributed by atoms with E-state index in [1.165, 1.54) is 0 Å². The fourth-order valence-electron chi connectivity index (χ4n) is 2.80. The highest BCUT2D eigenvalue weighted by Crippen LogP contribution is 2.26. The van der Waals surface area contributed by atoms with Gasteiger partial charge >= 0.3 is 0 Å². The Morgan fingerprint density at radius 3 is 3.04 bits per heavy atom. The van der Waals surface area contributed by atoms with Gasteiger partial charge in [-0.1, -0.05) is 23.7 Å². The lowest BCUT2D eigenvalue weighted by Crippen LogP contribution is -2.46. The van der Waals surface area contributed by atoms with Crippen LogP contribution in [0, 0.1) is 11.3 Å². The molecule has 1 heterocycles. The lowest BCUT2D eigenvalue weighted by Gasteiger charge is -2.38. The number of amides is 1. The Hall–Kier alpha value is -1.61. The van der Waals surface area contributed by atoms with Crippen molar-refractivity contribution in [3.8, 4) is 6.07 Å². The van der Waals surface area contributed by atoms with E-state index in [4.69, 9.17) is 21.6 Å². The van der Waals surface area contributed by atoms with Crippen LogP contribution in [-0.2, 0) is 9.53 Å². The van der Waals surface area contributed by atoms with Gasteiger partial charge in [0, 0.05) is 44.2 Å². The van der Waals surface area contributed by atoms with Crippen LogP contribution in [0.3, 0.4) is 0 Å². The van der Waals surface area contributed by atoms with Gasteiger partial charge in [0.25, 0.3) is 0 Å². The van der Waals surface area contributed by atoms with E-state index in [0.29, 0.717) is 37.6 Å². The molecule has 1 aromatic rings. The first-order valence-corrected chi connectivity index (χ1v) is 8.61. The van der Waals surface area contributed by atoms with E-state index in [1.54, 1.807) is 11.9 Å². The lowest BCUT2D eigenvalue weighted by atomic mass is 10.1. The third-order valence-corrected chi connectivity index (χ3v) is 4.62. The zero-order chi connectivity index (χ0) is 17.5. The molecule has 1 aliphatic heterocycles. The first-order chi connectivity index (χ1) is 11.5. The number of carbonyl (C=O) groups excluding carboxylic acids is 1. The summed E-state index contributed by atoms with van der Waals surface area (Å²) in [4.78, 5) is 16.0. The highest BCUT2D eigenvalue weighted by molar-refractivity contribution is 6.30. The van der Waals surface area contributed by atoms with Crippen molar-refractivity contribution >= 4 is 17.5 Å². The number of rotatable bonds is 6. The van der Waals surface area contributed by atoms with Crippen LogP contribution >= 0.6 is 11.6 Å². The Balaban J connectivity index is 1.89. The molecular formula is C18H24ClN3O2. The summed E-state index contributed by atoms with van der Waals surface area (Å²) in [5.41, 5.74) is 1.07. The van der Waals surface area contributed by atoms with Crippen molar-refractivity contribution in [2.75, 3.05) is 33.3 Å². The maximum absolute atomic E-state index is 12.1. The Labute approximate surface area is 148 Å². The minimum Gasteiger partial charge on any atom is -0.371 e. The molecule has 5 nitrogen and oxygen atoms in total. The number of carbonyl (C=O) groups is 1. The molecule has 0 unspecified atom stereocenters. The first-order valence-electron chi connectivity index (χ1n) is 8.23. The SMILES string of the molecule is C[C@@H]1CO[C@H](c2cccc(Cl)c2)CN1CCC(=O)N(C)CCC#N. The van der Waals surface area contributed by atoms with Crippen LogP contribution < -0.4 is 0 Å². The molecule has 1 amide bonds. The average molecular weight is 350 g/mol. The number of benzene rings is 1. The van der Waals surface area contributed by atoms with E-state index >= 15 is 0 Å². The summed E-state index contributed by atoms with van der Waals surface area (Å²) in [5, 5.41) is 9.31. The van der Waals surface area contributed by atoms with Crippen molar-refractivity contribution in [1.29, 1.82) is 5.26 Å². The molecule has 2 rings (SSSR count). The predicted octanol–water partition coefficient (Wildman–Crippen LogP) is 2.86. The van der Waals surface area contributed by atoms with E-state index in [-0.39, 0.29) is 18.1 Å². The van der Waals surface area contributed by atoms with Crippen molar-refractivity contribution in [2.45, 2.75) is 31.9 Å². The van der Waals surface area contributed by atoms with Gasteiger partial charge in [-0.15, -0.1) is 0 Å². The van der Waals surface area contributed by atoms with E-state index in [0.717, 1.165) is 12.1 Å². The summed E-state index contributed by atoms with van der Waals surface area (Å²) < 4.78 is 5.94. The summed E-state index contributed by atoms with van der Waals surface area (Å²) in [6, 6.07) is 10.1. The second-order valence-corrected chi connectivity index (χ2v) is 6.63. The van der Waals surface area contributed by atoms with E-state index in [1.807, 2.05) is 24.3 Å². The van der Waals surface area contributed by atoms with Gasteiger partial charge in [-0.2, -0.15) is 5.26 Å². The Morgan fingerprint density at radius 2 is 2.33 bits per heavy atom. The van der Waals surface area contributed by atoms with Crippen molar-refractivity contribution in [1.82, 2.24) is 9.80 Å². The zero-order valence-corrected chi connectivity index (χ0v) is 15.0. The fourth-order valence-corrected chi connectivity index (χ4v) is 3.00. The van der Waals surface area contributed by atoms with Crippen LogP contribution in [0.15, 0.2) is 24.3 Å². The lowest BCUT2D eigenvalue weighted by molar-refractivity contribution is -0.131. The normalized spacial score (nSPS) is 21.2. The number of ether oxygens (including phenoxy) is 1. The molecule has 1 saturated heterocycles. The second kappa shape index (κ2) is 9.03. The highest BCUT2D eigenvalue weighted by Gasteiger charge is 2.27. The summed E-state index contributed by atoms with van der Waals surface area (Å²) in [7, 11) is 1.75. The average Bonchev–Trinajstić information content (AvgIpc) is 2.58. The minimum atomic E-state index is -0.0219. The molecule has 1 aliphatic rings. The summed E-state index contributed by atoms with van der Waals surface area (Å²) in [5.74, 6) is 0.0725. The molecule has 130 valence electrons. The van der Waals surface area contributed by atoms with Gasteiger partial charge in [0.15, 0.2) is 0 Å². The largest absolute Gasteiger partial charge is 0.371 e. The number of hydrogen-bond donors (Lipinski definition) is 0. The Kier molecular flexibility index (Phi) is 7.04. The molecule has 0 spiro atoms. The highest BCUT2D eigenvalue weighted by atomic mass is 35.5. The molecule has 0 aromatic heterocycles. The molecular weight excluding hydrogens is 326 g/mol. The summed E-state index contributed by atoms with van der Waals surface area (Å²) >= 11 is 6.07. The Morgan fingerprint density at radius 1 is 1.54 bits per heavy atom. The molecule has 24 heavy (non-hydrogen) atoms. The summed E-state index contributed by atoms with van der Waals surface area (Å²) in [6.45, 7) is 4.67.